The van der Waals surface area contributed by atoms with Gasteiger partial charge in [-0.25, -0.2) is 9.97 Å². The Kier molecular flexibility index (Phi) is 3.38. The van der Waals surface area contributed by atoms with E-state index >= 15 is 0 Å². The van der Waals surface area contributed by atoms with Crippen LogP contribution in [0.1, 0.15) is 12.8 Å². The van der Waals surface area contributed by atoms with Crippen molar-refractivity contribution in [2.45, 2.75) is 12.8 Å². The molecule has 1 saturated heterocycles. The van der Waals surface area contributed by atoms with Gasteiger partial charge in [-0.1, -0.05) is 11.6 Å². The molecule has 0 spiro atoms. The minimum Gasteiger partial charge on any atom is -0.341 e. The lowest BCUT2D eigenvalue weighted by Crippen LogP contribution is -2.39. The van der Waals surface area contributed by atoms with Gasteiger partial charge in [-0.2, -0.15) is 0 Å². The number of nitrogens with two attached hydrogens (primary N) is 1. The van der Waals surface area contributed by atoms with Gasteiger partial charge in [0.1, 0.15) is 0 Å². The van der Waals surface area contributed by atoms with E-state index in [-0.39, 0.29) is 0 Å². The zero-order chi connectivity index (χ0) is 10.7. The first-order valence-corrected chi connectivity index (χ1v) is 5.60. The highest BCUT2D eigenvalue weighted by atomic mass is 35.5. The lowest BCUT2D eigenvalue weighted by atomic mass is 9.99. The highest BCUT2D eigenvalue weighted by Crippen LogP contribution is 2.19. The fraction of sp³-hybridized carbons (Fsp3) is 0.600. The van der Waals surface area contributed by atoms with Gasteiger partial charge in [-0.05, 0) is 25.3 Å². The summed E-state index contributed by atoms with van der Waals surface area (Å²) in [5.41, 5.74) is 5.68. The number of anilines is 1. The lowest BCUT2D eigenvalue weighted by Gasteiger charge is -2.31. The van der Waals surface area contributed by atoms with Gasteiger partial charge in [0.2, 0.25) is 5.95 Å². The van der Waals surface area contributed by atoms with Gasteiger partial charge >= 0.3 is 0 Å². The summed E-state index contributed by atoms with van der Waals surface area (Å²) < 4.78 is 0. The summed E-state index contributed by atoms with van der Waals surface area (Å²) in [4.78, 5) is 10.6. The van der Waals surface area contributed by atoms with Gasteiger partial charge in [0.05, 0.1) is 17.4 Å². The van der Waals surface area contributed by atoms with Crippen LogP contribution in [-0.2, 0) is 0 Å². The monoisotopic (exact) mass is 226 g/mol. The van der Waals surface area contributed by atoms with Crippen molar-refractivity contribution in [2.75, 3.05) is 24.5 Å². The minimum absolute atomic E-state index is 0.568. The summed E-state index contributed by atoms with van der Waals surface area (Å²) in [5.74, 6) is 1.33. The molecule has 15 heavy (non-hydrogen) atoms. The number of piperidine rings is 1. The van der Waals surface area contributed by atoms with Crippen LogP contribution in [0.5, 0.6) is 0 Å². The molecule has 0 unspecified atom stereocenters. The highest BCUT2D eigenvalue weighted by molar-refractivity contribution is 6.30. The zero-order valence-electron chi connectivity index (χ0n) is 8.56. The van der Waals surface area contributed by atoms with Crippen molar-refractivity contribution in [3.05, 3.63) is 17.4 Å². The van der Waals surface area contributed by atoms with Crippen LogP contribution in [0.2, 0.25) is 5.02 Å². The molecule has 1 atom stereocenters. The summed E-state index contributed by atoms with van der Waals surface area (Å²) in [6.45, 7) is 2.71. The van der Waals surface area contributed by atoms with Crippen molar-refractivity contribution in [2.24, 2.45) is 11.7 Å². The van der Waals surface area contributed by atoms with Gasteiger partial charge in [0, 0.05) is 13.1 Å². The molecule has 1 aliphatic rings. The predicted octanol–water partition coefficient (Wildman–Crippen LogP) is 1.31. The number of hydrogen-bond donors (Lipinski definition) is 1. The Morgan fingerprint density at radius 3 is 2.87 bits per heavy atom. The van der Waals surface area contributed by atoms with E-state index in [1.54, 1.807) is 12.4 Å². The molecule has 0 amide bonds. The summed E-state index contributed by atoms with van der Waals surface area (Å²) >= 11 is 5.74. The molecule has 0 saturated carbocycles. The normalized spacial score (nSPS) is 21.7. The maximum Gasteiger partial charge on any atom is 0.225 e. The third kappa shape index (κ3) is 2.58. The van der Waals surface area contributed by atoms with E-state index in [1.807, 2.05) is 0 Å². The van der Waals surface area contributed by atoms with Crippen molar-refractivity contribution in [3.63, 3.8) is 0 Å². The van der Waals surface area contributed by atoms with E-state index in [0.29, 0.717) is 10.9 Å². The van der Waals surface area contributed by atoms with Crippen molar-refractivity contribution in [1.29, 1.82) is 0 Å². The van der Waals surface area contributed by atoms with Gasteiger partial charge in [-0.15, -0.1) is 0 Å². The molecule has 1 aromatic heterocycles. The van der Waals surface area contributed by atoms with Gasteiger partial charge in [0.25, 0.3) is 0 Å². The smallest absolute Gasteiger partial charge is 0.225 e. The van der Waals surface area contributed by atoms with Crippen LogP contribution in [0, 0.1) is 5.92 Å². The molecule has 0 aromatic carbocycles. The van der Waals surface area contributed by atoms with Crippen LogP contribution in [0.4, 0.5) is 5.95 Å². The fourth-order valence-electron chi connectivity index (χ4n) is 1.91. The number of halogens is 1. The number of hydrogen-bond acceptors (Lipinski definition) is 4. The average Bonchev–Trinajstić information content (AvgIpc) is 2.30. The van der Waals surface area contributed by atoms with E-state index in [2.05, 4.69) is 14.9 Å². The SMILES string of the molecule is NC[C@H]1CCCN(c2ncc(Cl)cn2)C1. The Balaban J connectivity index is 2.06. The van der Waals surface area contributed by atoms with Gasteiger partial charge in [-0.3, -0.25) is 0 Å². The quantitative estimate of drug-likeness (QED) is 0.826. The second-order valence-electron chi connectivity index (χ2n) is 3.89. The molecule has 0 aliphatic carbocycles. The van der Waals surface area contributed by atoms with Crippen LogP contribution in [0.3, 0.4) is 0 Å². The molecule has 0 bridgehead atoms. The summed E-state index contributed by atoms with van der Waals surface area (Å²) in [6.07, 6.45) is 5.64. The van der Waals surface area contributed by atoms with E-state index in [4.69, 9.17) is 17.3 Å². The van der Waals surface area contributed by atoms with Crippen LogP contribution in [0.15, 0.2) is 12.4 Å². The van der Waals surface area contributed by atoms with Crippen LogP contribution < -0.4 is 10.6 Å². The van der Waals surface area contributed by atoms with Crippen LogP contribution in [0.25, 0.3) is 0 Å². The zero-order valence-corrected chi connectivity index (χ0v) is 9.32. The van der Waals surface area contributed by atoms with E-state index in [9.17, 15) is 0 Å². The molecule has 1 fully saturated rings. The third-order valence-corrected chi connectivity index (χ3v) is 2.94. The number of nitrogens with zero attached hydrogens (tertiary/aromatic N) is 3. The van der Waals surface area contributed by atoms with E-state index < -0.39 is 0 Å². The van der Waals surface area contributed by atoms with Crippen molar-refractivity contribution in [3.8, 4) is 0 Å². The Morgan fingerprint density at radius 1 is 1.47 bits per heavy atom. The molecule has 1 aliphatic heterocycles. The number of aromatic nitrogens is 2. The molecular formula is C10H15ClN4. The molecular weight excluding hydrogens is 212 g/mol. The Labute approximate surface area is 94.5 Å². The standard InChI is InChI=1S/C10H15ClN4/c11-9-5-13-10(14-6-9)15-3-1-2-8(4-12)7-15/h5-6,8H,1-4,7,12H2/t8-/m1/s1. The van der Waals surface area contributed by atoms with Crippen molar-refractivity contribution in [1.82, 2.24) is 9.97 Å². The first kappa shape index (κ1) is 10.6. The maximum atomic E-state index is 5.74. The van der Waals surface area contributed by atoms with E-state index in [1.165, 1.54) is 6.42 Å². The molecule has 2 heterocycles. The van der Waals surface area contributed by atoms with Crippen molar-refractivity contribution >= 4 is 17.5 Å². The molecule has 1 aromatic rings. The Bertz CT molecular complexity index is 314. The molecule has 5 heteroatoms. The van der Waals surface area contributed by atoms with Crippen LogP contribution in [-0.4, -0.2) is 29.6 Å². The summed E-state index contributed by atoms with van der Waals surface area (Å²) in [7, 11) is 0. The number of rotatable bonds is 2. The third-order valence-electron chi connectivity index (χ3n) is 2.74. The lowest BCUT2D eigenvalue weighted by molar-refractivity contribution is 0.419. The van der Waals surface area contributed by atoms with Gasteiger partial charge < -0.3 is 10.6 Å². The van der Waals surface area contributed by atoms with Gasteiger partial charge in [0.15, 0.2) is 0 Å². The molecule has 0 radical (unpaired) electrons. The molecule has 4 nitrogen and oxygen atoms in total. The summed E-state index contributed by atoms with van der Waals surface area (Å²) in [5, 5.41) is 0.575. The largest absolute Gasteiger partial charge is 0.341 e. The maximum absolute atomic E-state index is 5.74. The summed E-state index contributed by atoms with van der Waals surface area (Å²) in [6, 6.07) is 0. The Hall–Kier alpha value is -0.870. The molecule has 2 rings (SSSR count). The second-order valence-corrected chi connectivity index (χ2v) is 4.33. The Morgan fingerprint density at radius 2 is 2.20 bits per heavy atom. The highest BCUT2D eigenvalue weighted by Gasteiger charge is 2.20. The minimum atomic E-state index is 0.568. The van der Waals surface area contributed by atoms with Crippen molar-refractivity contribution < 1.29 is 0 Å². The first-order valence-electron chi connectivity index (χ1n) is 5.22. The topological polar surface area (TPSA) is 55.0 Å². The van der Waals surface area contributed by atoms with Crippen LogP contribution >= 0.6 is 11.6 Å². The first-order chi connectivity index (χ1) is 7.29. The average molecular weight is 227 g/mol. The predicted molar refractivity (Wildman–Crippen MR) is 61.0 cm³/mol. The molecule has 2 N–H and O–H groups in total. The van der Waals surface area contributed by atoms with E-state index in [0.717, 1.165) is 32.0 Å². The fourth-order valence-corrected chi connectivity index (χ4v) is 2.01. The molecule has 82 valence electrons. The second kappa shape index (κ2) is 4.77.